The van der Waals surface area contributed by atoms with Gasteiger partial charge in [0, 0.05) is 25.8 Å². The SMILES string of the molecule is Cc1cnc(C(=O)NCCC2CCCN(CC(C)C)C2)cn1. The fraction of sp³-hybridized carbons (Fsp3) is 0.706. The molecule has 22 heavy (non-hydrogen) atoms. The van der Waals surface area contributed by atoms with Gasteiger partial charge in [0.25, 0.3) is 5.91 Å². The van der Waals surface area contributed by atoms with Crippen LogP contribution in [0.3, 0.4) is 0 Å². The predicted molar refractivity (Wildman–Crippen MR) is 87.7 cm³/mol. The second-order valence-electron chi connectivity index (χ2n) is 6.75. The van der Waals surface area contributed by atoms with Crippen molar-refractivity contribution in [2.45, 2.75) is 40.0 Å². The van der Waals surface area contributed by atoms with Crippen LogP contribution < -0.4 is 5.32 Å². The van der Waals surface area contributed by atoms with Crippen LogP contribution in [-0.4, -0.2) is 47.0 Å². The molecule has 1 aliphatic heterocycles. The molecule has 2 rings (SSSR count). The minimum absolute atomic E-state index is 0.123. The van der Waals surface area contributed by atoms with Gasteiger partial charge in [0.15, 0.2) is 0 Å². The molecule has 5 heteroatoms. The summed E-state index contributed by atoms with van der Waals surface area (Å²) in [7, 11) is 0. The molecule has 122 valence electrons. The zero-order valence-corrected chi connectivity index (χ0v) is 14.0. The van der Waals surface area contributed by atoms with Gasteiger partial charge in [-0.05, 0) is 44.6 Å². The fourth-order valence-corrected chi connectivity index (χ4v) is 3.06. The summed E-state index contributed by atoms with van der Waals surface area (Å²) in [6.45, 7) is 10.7. The van der Waals surface area contributed by atoms with E-state index in [1.54, 1.807) is 6.20 Å². The summed E-state index contributed by atoms with van der Waals surface area (Å²) in [4.78, 5) is 22.8. The highest BCUT2D eigenvalue weighted by Gasteiger charge is 2.20. The van der Waals surface area contributed by atoms with Gasteiger partial charge >= 0.3 is 0 Å². The molecule has 0 aromatic carbocycles. The van der Waals surface area contributed by atoms with Gasteiger partial charge in [0.05, 0.1) is 11.9 Å². The normalized spacial score (nSPS) is 19.4. The van der Waals surface area contributed by atoms with Crippen molar-refractivity contribution < 1.29 is 4.79 Å². The Morgan fingerprint density at radius 1 is 1.41 bits per heavy atom. The van der Waals surface area contributed by atoms with Crippen molar-refractivity contribution in [2.24, 2.45) is 11.8 Å². The largest absolute Gasteiger partial charge is 0.351 e. The Bertz CT molecular complexity index is 472. The average Bonchev–Trinajstić information content (AvgIpc) is 2.47. The minimum atomic E-state index is -0.123. The smallest absolute Gasteiger partial charge is 0.271 e. The van der Waals surface area contributed by atoms with E-state index in [0.717, 1.165) is 18.0 Å². The molecule has 2 heterocycles. The molecule has 1 amide bonds. The Balaban J connectivity index is 1.71. The number of piperidine rings is 1. The van der Waals surface area contributed by atoms with Crippen molar-refractivity contribution in [2.75, 3.05) is 26.2 Å². The molecule has 1 atom stereocenters. The second-order valence-corrected chi connectivity index (χ2v) is 6.75. The quantitative estimate of drug-likeness (QED) is 0.876. The molecule has 0 saturated carbocycles. The Labute approximate surface area is 133 Å². The van der Waals surface area contributed by atoms with Crippen LogP contribution in [-0.2, 0) is 0 Å². The number of nitrogens with zero attached hydrogens (tertiary/aromatic N) is 3. The Kier molecular flexibility index (Phi) is 6.31. The van der Waals surface area contributed by atoms with E-state index in [9.17, 15) is 4.79 Å². The summed E-state index contributed by atoms with van der Waals surface area (Å²) in [5.74, 6) is 1.29. The van der Waals surface area contributed by atoms with Crippen molar-refractivity contribution >= 4 is 5.91 Å². The monoisotopic (exact) mass is 304 g/mol. The number of nitrogens with one attached hydrogen (secondary N) is 1. The van der Waals surface area contributed by atoms with E-state index in [2.05, 4.69) is 34.0 Å². The second kappa shape index (κ2) is 8.22. The van der Waals surface area contributed by atoms with Crippen LogP contribution in [0.2, 0.25) is 0 Å². The molecule has 0 spiro atoms. The standard InChI is InChI=1S/C17H28N4O/c1-13(2)11-21-8-4-5-15(12-21)6-7-18-17(22)16-10-19-14(3)9-20-16/h9-10,13,15H,4-8,11-12H2,1-3H3,(H,18,22). The summed E-state index contributed by atoms with van der Waals surface area (Å²) in [6, 6.07) is 0. The first kappa shape index (κ1) is 16.9. The number of carbonyl (C=O) groups excluding carboxylic acids is 1. The van der Waals surface area contributed by atoms with E-state index in [0.29, 0.717) is 18.2 Å². The third-order valence-electron chi connectivity index (χ3n) is 4.08. The molecule has 1 aromatic rings. The van der Waals surface area contributed by atoms with Crippen molar-refractivity contribution in [1.29, 1.82) is 0 Å². The van der Waals surface area contributed by atoms with Crippen LogP contribution in [0.15, 0.2) is 12.4 Å². The van der Waals surface area contributed by atoms with Gasteiger partial charge in [0.2, 0.25) is 0 Å². The highest BCUT2D eigenvalue weighted by molar-refractivity contribution is 5.91. The number of hydrogen-bond acceptors (Lipinski definition) is 4. The molecule has 1 aliphatic rings. The summed E-state index contributed by atoms with van der Waals surface area (Å²) in [5.41, 5.74) is 1.22. The van der Waals surface area contributed by atoms with Gasteiger partial charge in [-0.1, -0.05) is 13.8 Å². The number of carbonyl (C=O) groups is 1. The van der Waals surface area contributed by atoms with Crippen LogP contribution in [0.4, 0.5) is 0 Å². The zero-order valence-electron chi connectivity index (χ0n) is 14.0. The molecular formula is C17H28N4O. The average molecular weight is 304 g/mol. The lowest BCUT2D eigenvalue weighted by Gasteiger charge is -2.33. The maximum absolute atomic E-state index is 12.0. The van der Waals surface area contributed by atoms with E-state index in [1.807, 2.05) is 6.92 Å². The molecule has 0 bridgehead atoms. The van der Waals surface area contributed by atoms with Crippen molar-refractivity contribution in [3.05, 3.63) is 23.8 Å². The molecule has 1 aromatic heterocycles. The van der Waals surface area contributed by atoms with Crippen molar-refractivity contribution in [3.63, 3.8) is 0 Å². The lowest BCUT2D eigenvalue weighted by molar-refractivity contribution is 0.0940. The number of rotatable bonds is 6. The number of hydrogen-bond donors (Lipinski definition) is 1. The molecule has 5 nitrogen and oxygen atoms in total. The fourth-order valence-electron chi connectivity index (χ4n) is 3.06. The van der Waals surface area contributed by atoms with Gasteiger partial charge < -0.3 is 10.2 Å². The zero-order chi connectivity index (χ0) is 15.9. The third kappa shape index (κ3) is 5.37. The Morgan fingerprint density at radius 3 is 2.91 bits per heavy atom. The van der Waals surface area contributed by atoms with E-state index < -0.39 is 0 Å². The highest BCUT2D eigenvalue weighted by Crippen LogP contribution is 2.19. The predicted octanol–water partition coefficient (Wildman–Crippen LogP) is 2.27. The van der Waals surface area contributed by atoms with Gasteiger partial charge in [-0.15, -0.1) is 0 Å². The van der Waals surface area contributed by atoms with Gasteiger partial charge in [0.1, 0.15) is 5.69 Å². The maximum atomic E-state index is 12.0. The molecular weight excluding hydrogens is 276 g/mol. The highest BCUT2D eigenvalue weighted by atomic mass is 16.1. The molecule has 0 radical (unpaired) electrons. The first-order valence-electron chi connectivity index (χ1n) is 8.34. The lowest BCUT2D eigenvalue weighted by atomic mass is 9.94. The summed E-state index contributed by atoms with van der Waals surface area (Å²) >= 11 is 0. The van der Waals surface area contributed by atoms with Gasteiger partial charge in [-0.2, -0.15) is 0 Å². The number of aryl methyl sites for hydroxylation is 1. The third-order valence-corrected chi connectivity index (χ3v) is 4.08. The van der Waals surface area contributed by atoms with Crippen LogP contribution >= 0.6 is 0 Å². The van der Waals surface area contributed by atoms with E-state index in [4.69, 9.17) is 0 Å². The Morgan fingerprint density at radius 2 is 2.23 bits per heavy atom. The van der Waals surface area contributed by atoms with Crippen LogP contribution in [0.5, 0.6) is 0 Å². The first-order chi connectivity index (χ1) is 10.5. The summed E-state index contributed by atoms with van der Waals surface area (Å²) in [5, 5.41) is 2.96. The summed E-state index contributed by atoms with van der Waals surface area (Å²) < 4.78 is 0. The number of amides is 1. The van der Waals surface area contributed by atoms with E-state index in [-0.39, 0.29) is 5.91 Å². The number of likely N-dealkylation sites (tertiary alicyclic amines) is 1. The molecule has 1 unspecified atom stereocenters. The topological polar surface area (TPSA) is 58.1 Å². The Hall–Kier alpha value is -1.49. The van der Waals surface area contributed by atoms with Gasteiger partial charge in [-0.25, -0.2) is 4.98 Å². The van der Waals surface area contributed by atoms with Crippen LogP contribution in [0, 0.1) is 18.8 Å². The van der Waals surface area contributed by atoms with Crippen LogP contribution in [0.25, 0.3) is 0 Å². The number of aromatic nitrogens is 2. The van der Waals surface area contributed by atoms with E-state index >= 15 is 0 Å². The maximum Gasteiger partial charge on any atom is 0.271 e. The first-order valence-corrected chi connectivity index (χ1v) is 8.34. The molecule has 1 saturated heterocycles. The molecule has 1 fully saturated rings. The molecule has 0 aliphatic carbocycles. The van der Waals surface area contributed by atoms with Crippen LogP contribution in [0.1, 0.15) is 49.3 Å². The summed E-state index contributed by atoms with van der Waals surface area (Å²) in [6.07, 6.45) is 6.75. The van der Waals surface area contributed by atoms with E-state index in [1.165, 1.54) is 38.7 Å². The molecule has 1 N–H and O–H groups in total. The minimum Gasteiger partial charge on any atom is -0.351 e. The van der Waals surface area contributed by atoms with Gasteiger partial charge in [-0.3, -0.25) is 9.78 Å². The van der Waals surface area contributed by atoms with Crippen molar-refractivity contribution in [1.82, 2.24) is 20.2 Å². The van der Waals surface area contributed by atoms with Crippen molar-refractivity contribution in [3.8, 4) is 0 Å². The lowest BCUT2D eigenvalue weighted by Crippen LogP contribution is -2.39.